The van der Waals surface area contributed by atoms with Gasteiger partial charge in [0.1, 0.15) is 13.1 Å². The van der Waals surface area contributed by atoms with Crippen LogP contribution in [0.1, 0.15) is 117 Å². The number of likely N-dealkylation sites (N-methyl/N-ethyl adjacent to an activating group) is 1. The van der Waals surface area contributed by atoms with Crippen molar-refractivity contribution in [3.63, 3.8) is 0 Å². The average Bonchev–Trinajstić information content (AvgIpc) is 2.78. The summed E-state index contributed by atoms with van der Waals surface area (Å²) in [6, 6.07) is 0. The lowest BCUT2D eigenvalue weighted by atomic mass is 10.0. The molecule has 0 aromatic rings. The van der Waals surface area contributed by atoms with E-state index >= 15 is 0 Å². The van der Waals surface area contributed by atoms with Crippen LogP contribution in [0.25, 0.3) is 0 Å². The molecule has 0 aliphatic rings. The molecule has 0 fully saturated rings. The second kappa shape index (κ2) is 25.6. The number of nitrogens with zero attached hydrogens (tertiary/aromatic N) is 1. The normalized spacial score (nSPS) is 12.2. The molecule has 0 aliphatic carbocycles. The molecular weight excluding hydrogens is 454 g/mol. The zero-order valence-corrected chi connectivity index (χ0v) is 23.2. The molecule has 0 atom stereocenters. The predicted octanol–water partition coefficient (Wildman–Crippen LogP) is 5.68. The van der Waals surface area contributed by atoms with Gasteiger partial charge in [-0.05, 0) is 32.8 Å². The molecule has 206 valence electrons. The SMILES string of the molecule is CCCCCCCCCCCCCCCCC=C[N+](CC)(CCO)CCO.CCOS(=O)(=O)[O-]. The Hall–Kier alpha value is -0.510. The fourth-order valence-corrected chi connectivity index (χ4v) is 4.27. The van der Waals surface area contributed by atoms with Crippen molar-refractivity contribution < 1.29 is 31.8 Å². The van der Waals surface area contributed by atoms with Crippen molar-refractivity contribution in [1.29, 1.82) is 0 Å². The van der Waals surface area contributed by atoms with E-state index in [-0.39, 0.29) is 19.8 Å². The van der Waals surface area contributed by atoms with Crippen molar-refractivity contribution in [2.24, 2.45) is 0 Å². The number of allylic oxidation sites excluding steroid dienone is 1. The molecule has 0 bridgehead atoms. The third-order valence-corrected chi connectivity index (χ3v) is 6.65. The fourth-order valence-electron chi connectivity index (χ4n) is 3.98. The summed E-state index contributed by atoms with van der Waals surface area (Å²) in [4.78, 5) is 0. The molecule has 2 N–H and O–H groups in total. The highest BCUT2D eigenvalue weighted by molar-refractivity contribution is 7.80. The molecule has 0 heterocycles. The number of aliphatic hydroxyl groups is 2. The van der Waals surface area contributed by atoms with Crippen LogP contribution in [0.2, 0.25) is 0 Å². The number of unbranched alkanes of at least 4 members (excludes halogenated alkanes) is 14. The van der Waals surface area contributed by atoms with Crippen LogP contribution in [0.4, 0.5) is 0 Å². The summed E-state index contributed by atoms with van der Waals surface area (Å²) in [7, 11) is -4.42. The second-order valence-corrected chi connectivity index (χ2v) is 10.1. The first-order valence-electron chi connectivity index (χ1n) is 13.7. The molecule has 0 saturated heterocycles. The number of hydrogen-bond donors (Lipinski definition) is 2. The number of aliphatic hydroxyl groups excluding tert-OH is 2. The Kier molecular flexibility index (Phi) is 26.8. The van der Waals surface area contributed by atoms with E-state index in [4.69, 9.17) is 0 Å². The van der Waals surface area contributed by atoms with E-state index in [1.165, 1.54) is 96.8 Å². The molecule has 0 spiro atoms. The van der Waals surface area contributed by atoms with Crippen molar-refractivity contribution in [2.45, 2.75) is 117 Å². The van der Waals surface area contributed by atoms with Gasteiger partial charge in [-0.15, -0.1) is 0 Å². The third-order valence-electron chi connectivity index (χ3n) is 6.13. The number of rotatable bonds is 23. The quantitative estimate of drug-likeness (QED) is 0.0794. The summed E-state index contributed by atoms with van der Waals surface area (Å²) in [5.41, 5.74) is 0. The lowest BCUT2D eigenvalue weighted by Crippen LogP contribution is -2.46. The van der Waals surface area contributed by atoms with Crippen molar-refractivity contribution in [3.8, 4) is 0 Å². The molecule has 8 heteroatoms. The first-order valence-corrected chi connectivity index (χ1v) is 15.0. The lowest BCUT2D eigenvalue weighted by molar-refractivity contribution is -0.878. The van der Waals surface area contributed by atoms with Crippen molar-refractivity contribution in [2.75, 3.05) is 39.5 Å². The van der Waals surface area contributed by atoms with Crippen LogP contribution >= 0.6 is 0 Å². The van der Waals surface area contributed by atoms with E-state index < -0.39 is 10.4 Å². The standard InChI is InChI=1S/C24H50NO2.C2H6O4S/c1-3-5-6-7-8-9-10-11-12-13-14-15-16-17-18-19-20-25(4-2,21-23-26)22-24-27;1-2-6-7(3,4)5/h19-20,26-27H,3-18,21-24H2,1-2H3;2H2,1H3,(H,3,4,5)/q+1;/p-1. The highest BCUT2D eigenvalue weighted by Crippen LogP contribution is 2.14. The average molecular weight is 510 g/mol. The van der Waals surface area contributed by atoms with E-state index in [0.29, 0.717) is 17.6 Å². The maximum atomic E-state index is 9.45. The summed E-state index contributed by atoms with van der Waals surface area (Å²) in [6.45, 7) is 8.43. The molecule has 0 saturated carbocycles. The zero-order valence-electron chi connectivity index (χ0n) is 22.4. The summed E-state index contributed by atoms with van der Waals surface area (Å²) in [5, 5.41) is 18.5. The molecule has 7 nitrogen and oxygen atoms in total. The Bertz CT molecular complexity index is 533. The highest BCUT2D eigenvalue weighted by Gasteiger charge is 2.20. The van der Waals surface area contributed by atoms with Gasteiger partial charge in [0.25, 0.3) is 0 Å². The lowest BCUT2D eigenvalue weighted by Gasteiger charge is -2.32. The van der Waals surface area contributed by atoms with E-state index in [0.717, 1.165) is 13.0 Å². The summed E-state index contributed by atoms with van der Waals surface area (Å²) in [5.74, 6) is 0. The van der Waals surface area contributed by atoms with Gasteiger partial charge >= 0.3 is 0 Å². The second-order valence-electron chi connectivity index (χ2n) is 9.01. The smallest absolute Gasteiger partial charge is 0.217 e. The molecule has 0 unspecified atom stereocenters. The van der Waals surface area contributed by atoms with Gasteiger partial charge in [0, 0.05) is 0 Å². The van der Waals surface area contributed by atoms with Crippen LogP contribution in [0, 0.1) is 0 Å². The highest BCUT2D eigenvalue weighted by atomic mass is 32.3. The Morgan fingerprint density at radius 2 is 1.15 bits per heavy atom. The number of hydrogen-bond acceptors (Lipinski definition) is 6. The van der Waals surface area contributed by atoms with Gasteiger partial charge in [-0.1, -0.05) is 90.4 Å². The van der Waals surface area contributed by atoms with Crippen LogP contribution < -0.4 is 0 Å². The van der Waals surface area contributed by atoms with Gasteiger partial charge in [-0.3, -0.25) is 8.67 Å². The first-order chi connectivity index (χ1) is 16.3. The zero-order chi connectivity index (χ0) is 26.0. The van der Waals surface area contributed by atoms with Crippen LogP contribution in [0.5, 0.6) is 0 Å². The Morgan fingerprint density at radius 1 is 0.735 bits per heavy atom. The molecule has 34 heavy (non-hydrogen) atoms. The molecule has 0 aromatic carbocycles. The van der Waals surface area contributed by atoms with E-state index in [2.05, 4.69) is 30.3 Å². The van der Waals surface area contributed by atoms with Gasteiger partial charge in [0.05, 0.1) is 32.6 Å². The van der Waals surface area contributed by atoms with Gasteiger partial charge in [0.2, 0.25) is 10.4 Å². The Balaban J connectivity index is 0. The minimum absolute atomic E-state index is 0.0914. The summed E-state index contributed by atoms with van der Waals surface area (Å²) >= 11 is 0. The monoisotopic (exact) mass is 509 g/mol. The van der Waals surface area contributed by atoms with Crippen LogP contribution in [0.15, 0.2) is 12.3 Å². The molecule has 0 aliphatic heterocycles. The van der Waals surface area contributed by atoms with E-state index in [9.17, 15) is 23.2 Å². The van der Waals surface area contributed by atoms with Crippen LogP contribution in [-0.2, 0) is 14.6 Å². The van der Waals surface area contributed by atoms with Gasteiger partial charge in [-0.2, -0.15) is 0 Å². The van der Waals surface area contributed by atoms with Gasteiger partial charge in [0.15, 0.2) is 0 Å². The maximum Gasteiger partial charge on any atom is 0.217 e. The molecule has 0 radical (unpaired) electrons. The van der Waals surface area contributed by atoms with Crippen molar-refractivity contribution >= 4 is 10.4 Å². The van der Waals surface area contributed by atoms with Crippen LogP contribution in [0.3, 0.4) is 0 Å². The van der Waals surface area contributed by atoms with Crippen molar-refractivity contribution in [3.05, 3.63) is 12.3 Å². The predicted molar refractivity (Wildman–Crippen MR) is 140 cm³/mol. The molecule has 0 amide bonds. The summed E-state index contributed by atoms with van der Waals surface area (Å²) < 4.78 is 32.7. The minimum atomic E-state index is -4.42. The maximum absolute atomic E-state index is 9.45. The topological polar surface area (TPSA) is 107 Å². The van der Waals surface area contributed by atoms with Crippen LogP contribution in [-0.4, -0.2) is 67.1 Å². The molecule has 0 rings (SSSR count). The summed E-state index contributed by atoms with van der Waals surface area (Å²) in [6.07, 6.45) is 25.2. The Morgan fingerprint density at radius 3 is 1.44 bits per heavy atom. The number of quaternary nitrogens is 1. The molecular formula is C26H55NO6S. The Labute approximate surface area is 211 Å². The van der Waals surface area contributed by atoms with Gasteiger partial charge < -0.3 is 14.8 Å². The minimum Gasteiger partial charge on any atom is -0.726 e. The van der Waals surface area contributed by atoms with E-state index in [1.54, 1.807) is 0 Å². The largest absolute Gasteiger partial charge is 0.726 e. The first kappa shape index (κ1) is 35.7. The van der Waals surface area contributed by atoms with Crippen molar-refractivity contribution in [1.82, 2.24) is 0 Å². The third kappa shape index (κ3) is 26.1. The molecule has 0 aromatic heterocycles. The van der Waals surface area contributed by atoms with Gasteiger partial charge in [-0.25, -0.2) is 8.42 Å². The fraction of sp³-hybridized carbons (Fsp3) is 0.923. The van der Waals surface area contributed by atoms with E-state index in [1.807, 2.05) is 0 Å².